The van der Waals surface area contributed by atoms with Crippen LogP contribution in [-0.2, 0) is 10.0 Å². The smallest absolute Gasteiger partial charge is 0.270 e. The first-order chi connectivity index (χ1) is 13.6. The molecule has 160 valence electrons. The van der Waals surface area contributed by atoms with E-state index in [1.807, 2.05) is 0 Å². The summed E-state index contributed by atoms with van der Waals surface area (Å²) in [6, 6.07) is 4.28. The Hall–Kier alpha value is -2.20. The van der Waals surface area contributed by atoms with Crippen molar-refractivity contribution in [3.05, 3.63) is 33.9 Å². The van der Waals surface area contributed by atoms with Crippen LogP contribution >= 0.6 is 0 Å². The van der Waals surface area contributed by atoms with Crippen molar-refractivity contribution in [3.8, 4) is 0 Å². The standard InChI is InChI=1S/C19H28N4O5S/c1-14-5-9-21(10-6-14)18-4-3-16(23(25)26)13-17(18)19(24)20-15-7-11-22(12-8-15)29(2,27)28/h3-4,13-15H,5-12H2,1-2H3,(H,20,24). The summed E-state index contributed by atoms with van der Waals surface area (Å²) in [5.41, 5.74) is 0.907. The third-order valence-electron chi connectivity index (χ3n) is 5.82. The number of hydrogen-bond acceptors (Lipinski definition) is 6. The number of sulfonamides is 1. The fraction of sp³-hybridized carbons (Fsp3) is 0.632. The van der Waals surface area contributed by atoms with Gasteiger partial charge in [-0.3, -0.25) is 14.9 Å². The molecule has 2 heterocycles. The second-order valence-corrected chi connectivity index (χ2v) is 10.0. The lowest BCUT2D eigenvalue weighted by Crippen LogP contribution is -2.46. The first kappa shape index (κ1) is 21.5. The Labute approximate surface area is 171 Å². The van der Waals surface area contributed by atoms with Crippen LogP contribution in [0.15, 0.2) is 18.2 Å². The molecule has 0 aliphatic carbocycles. The van der Waals surface area contributed by atoms with Gasteiger partial charge in [0.25, 0.3) is 11.6 Å². The van der Waals surface area contributed by atoms with Crippen LogP contribution in [-0.4, -0.2) is 62.0 Å². The minimum Gasteiger partial charge on any atom is -0.371 e. The van der Waals surface area contributed by atoms with Crippen LogP contribution in [0.5, 0.6) is 0 Å². The van der Waals surface area contributed by atoms with E-state index in [-0.39, 0.29) is 17.6 Å². The highest BCUT2D eigenvalue weighted by Gasteiger charge is 2.28. The largest absolute Gasteiger partial charge is 0.371 e. The van der Waals surface area contributed by atoms with Crippen molar-refractivity contribution in [1.29, 1.82) is 0 Å². The maximum absolute atomic E-state index is 13.0. The molecule has 2 saturated heterocycles. The minimum absolute atomic E-state index is 0.115. The zero-order valence-electron chi connectivity index (χ0n) is 16.8. The molecule has 9 nitrogen and oxygen atoms in total. The summed E-state index contributed by atoms with van der Waals surface area (Å²) in [4.78, 5) is 25.8. The number of carbonyl (C=O) groups excluding carboxylic acids is 1. The molecule has 2 aliphatic rings. The Balaban J connectivity index is 1.76. The zero-order chi connectivity index (χ0) is 21.2. The fourth-order valence-electron chi connectivity index (χ4n) is 3.94. The lowest BCUT2D eigenvalue weighted by Gasteiger charge is -2.34. The highest BCUT2D eigenvalue weighted by atomic mass is 32.2. The van der Waals surface area contributed by atoms with Crippen molar-refractivity contribution in [3.63, 3.8) is 0 Å². The first-order valence-corrected chi connectivity index (χ1v) is 11.8. The topological polar surface area (TPSA) is 113 Å². The van der Waals surface area contributed by atoms with Crippen LogP contribution in [0, 0.1) is 16.0 Å². The number of nitro benzene ring substituents is 1. The number of amides is 1. The van der Waals surface area contributed by atoms with Gasteiger partial charge in [-0.15, -0.1) is 0 Å². The predicted molar refractivity (Wildman–Crippen MR) is 111 cm³/mol. The molecular formula is C19H28N4O5S. The number of nitro groups is 1. The normalized spacial score (nSPS) is 19.9. The molecule has 0 aromatic heterocycles. The Morgan fingerprint density at radius 3 is 2.31 bits per heavy atom. The zero-order valence-corrected chi connectivity index (χ0v) is 17.7. The third kappa shape index (κ3) is 5.24. The number of nitrogens with one attached hydrogen (secondary N) is 1. The van der Waals surface area contributed by atoms with E-state index >= 15 is 0 Å². The number of non-ortho nitro benzene ring substituents is 1. The van der Waals surface area contributed by atoms with Gasteiger partial charge in [0.05, 0.1) is 22.4 Å². The van der Waals surface area contributed by atoms with Crippen molar-refractivity contribution in [2.24, 2.45) is 5.92 Å². The van der Waals surface area contributed by atoms with Gasteiger partial charge < -0.3 is 10.2 Å². The van der Waals surface area contributed by atoms with Crippen LogP contribution in [0.25, 0.3) is 0 Å². The van der Waals surface area contributed by atoms with E-state index in [2.05, 4.69) is 17.1 Å². The second kappa shape index (κ2) is 8.66. The van der Waals surface area contributed by atoms with E-state index in [0.29, 0.717) is 43.1 Å². The average molecular weight is 425 g/mol. The Morgan fingerprint density at radius 2 is 1.76 bits per heavy atom. The number of rotatable bonds is 5. The summed E-state index contributed by atoms with van der Waals surface area (Å²) in [5.74, 6) is 0.279. The SMILES string of the molecule is CC1CCN(c2ccc([N+](=O)[O-])cc2C(=O)NC2CCN(S(C)(=O)=O)CC2)CC1. The lowest BCUT2D eigenvalue weighted by atomic mass is 9.97. The number of hydrogen-bond donors (Lipinski definition) is 1. The highest BCUT2D eigenvalue weighted by molar-refractivity contribution is 7.88. The molecule has 0 radical (unpaired) electrons. The van der Waals surface area contributed by atoms with Crippen LogP contribution in [0.2, 0.25) is 0 Å². The molecule has 3 rings (SSSR count). The lowest BCUT2D eigenvalue weighted by molar-refractivity contribution is -0.384. The van der Waals surface area contributed by atoms with Crippen molar-refractivity contribution in [2.45, 2.75) is 38.6 Å². The van der Waals surface area contributed by atoms with Gasteiger partial charge in [0, 0.05) is 44.4 Å². The van der Waals surface area contributed by atoms with Crippen molar-refractivity contribution >= 4 is 27.3 Å². The molecule has 0 atom stereocenters. The van der Waals surface area contributed by atoms with Crippen LogP contribution in [0.3, 0.4) is 0 Å². The van der Waals surface area contributed by atoms with Crippen LogP contribution in [0.1, 0.15) is 43.0 Å². The van der Waals surface area contributed by atoms with Crippen molar-refractivity contribution < 1.29 is 18.1 Å². The highest BCUT2D eigenvalue weighted by Crippen LogP contribution is 2.29. The van der Waals surface area contributed by atoms with Gasteiger partial charge in [-0.25, -0.2) is 12.7 Å². The summed E-state index contributed by atoms with van der Waals surface area (Å²) in [5, 5.41) is 14.2. The summed E-state index contributed by atoms with van der Waals surface area (Å²) < 4.78 is 24.7. The maximum Gasteiger partial charge on any atom is 0.270 e. The molecule has 2 fully saturated rings. The Kier molecular flexibility index (Phi) is 6.42. The summed E-state index contributed by atoms with van der Waals surface area (Å²) in [6.07, 6.45) is 4.25. The van der Waals surface area contributed by atoms with Crippen molar-refractivity contribution in [1.82, 2.24) is 9.62 Å². The number of benzene rings is 1. The molecule has 1 aromatic carbocycles. The number of anilines is 1. The van der Waals surface area contributed by atoms with E-state index in [9.17, 15) is 23.3 Å². The summed E-state index contributed by atoms with van der Waals surface area (Å²) in [7, 11) is -3.23. The summed E-state index contributed by atoms with van der Waals surface area (Å²) in [6.45, 7) is 4.53. The molecule has 0 bridgehead atoms. The second-order valence-electron chi connectivity index (χ2n) is 8.04. The molecule has 0 spiro atoms. The fourth-order valence-corrected chi connectivity index (χ4v) is 4.81. The molecule has 0 unspecified atom stereocenters. The predicted octanol–water partition coefficient (Wildman–Crippen LogP) is 1.98. The Morgan fingerprint density at radius 1 is 1.14 bits per heavy atom. The molecular weight excluding hydrogens is 396 g/mol. The van der Waals surface area contributed by atoms with Crippen LogP contribution < -0.4 is 10.2 Å². The molecule has 0 saturated carbocycles. The maximum atomic E-state index is 13.0. The van der Waals surface area contributed by atoms with E-state index in [1.165, 1.54) is 22.7 Å². The molecule has 2 aliphatic heterocycles. The molecule has 1 amide bonds. The minimum atomic E-state index is -3.23. The average Bonchev–Trinajstić information content (AvgIpc) is 2.68. The molecule has 10 heteroatoms. The van der Waals surface area contributed by atoms with Gasteiger partial charge in [0.1, 0.15) is 0 Å². The third-order valence-corrected chi connectivity index (χ3v) is 7.12. The number of piperidine rings is 2. The van der Waals surface area contributed by atoms with E-state index in [1.54, 1.807) is 6.07 Å². The number of carbonyl (C=O) groups is 1. The molecule has 29 heavy (non-hydrogen) atoms. The van der Waals surface area contributed by atoms with Crippen molar-refractivity contribution in [2.75, 3.05) is 37.3 Å². The Bertz CT molecular complexity index is 873. The first-order valence-electron chi connectivity index (χ1n) is 9.94. The summed E-state index contributed by atoms with van der Waals surface area (Å²) >= 11 is 0. The quantitative estimate of drug-likeness (QED) is 0.571. The van der Waals surface area contributed by atoms with E-state index in [4.69, 9.17) is 0 Å². The van der Waals surface area contributed by atoms with Gasteiger partial charge in [0.2, 0.25) is 10.0 Å². The van der Waals surface area contributed by atoms with Gasteiger partial charge in [-0.05, 0) is 37.7 Å². The van der Waals surface area contributed by atoms with Gasteiger partial charge in [0.15, 0.2) is 0 Å². The van der Waals surface area contributed by atoms with E-state index < -0.39 is 14.9 Å². The van der Waals surface area contributed by atoms with Crippen LogP contribution in [0.4, 0.5) is 11.4 Å². The van der Waals surface area contributed by atoms with Gasteiger partial charge in [-0.1, -0.05) is 6.92 Å². The van der Waals surface area contributed by atoms with Gasteiger partial charge >= 0.3 is 0 Å². The van der Waals surface area contributed by atoms with E-state index in [0.717, 1.165) is 25.9 Å². The number of nitrogens with zero attached hydrogens (tertiary/aromatic N) is 3. The molecule has 1 N–H and O–H groups in total. The van der Waals surface area contributed by atoms with Gasteiger partial charge in [-0.2, -0.15) is 0 Å². The monoisotopic (exact) mass is 424 g/mol. The molecule has 1 aromatic rings.